The Morgan fingerprint density at radius 2 is 1.94 bits per heavy atom. The maximum Gasteiger partial charge on any atom is 0.435 e. The molecule has 16 heavy (non-hydrogen) atoms. The molecule has 0 radical (unpaired) electrons. The summed E-state index contributed by atoms with van der Waals surface area (Å²) in [6.07, 6.45) is -4.47. The number of aromatic nitrogens is 2. The minimum atomic E-state index is -4.47. The fraction of sp³-hybridized carbons (Fsp3) is 0.556. The Morgan fingerprint density at radius 1 is 1.31 bits per heavy atom. The number of alkyl halides is 3. The molecule has 0 unspecified atom stereocenters. The first-order valence-corrected chi connectivity index (χ1v) is 4.66. The quantitative estimate of drug-likeness (QED) is 0.788. The van der Waals surface area contributed by atoms with Crippen LogP contribution in [0.5, 0.6) is 0 Å². The van der Waals surface area contributed by atoms with E-state index in [1.165, 1.54) is 6.07 Å². The van der Waals surface area contributed by atoms with Gasteiger partial charge >= 0.3 is 6.18 Å². The van der Waals surface area contributed by atoms with Crippen molar-refractivity contribution in [3.63, 3.8) is 0 Å². The van der Waals surface area contributed by atoms with Crippen LogP contribution in [0.4, 0.5) is 19.0 Å². The van der Waals surface area contributed by atoms with E-state index in [0.717, 1.165) is 6.07 Å². The van der Waals surface area contributed by atoms with Crippen LogP contribution in [-0.2, 0) is 6.18 Å². The number of hydrogen-bond acceptors (Lipinski definition) is 4. The third-order valence-electron chi connectivity index (χ3n) is 2.33. The van der Waals surface area contributed by atoms with Gasteiger partial charge in [0.05, 0.1) is 5.60 Å². The lowest BCUT2D eigenvalue weighted by atomic mass is 9.97. The van der Waals surface area contributed by atoms with Gasteiger partial charge in [0.2, 0.25) is 0 Å². The van der Waals surface area contributed by atoms with E-state index in [4.69, 9.17) is 0 Å². The van der Waals surface area contributed by atoms with E-state index >= 15 is 0 Å². The summed E-state index contributed by atoms with van der Waals surface area (Å²) in [5.74, 6) is 0.347. The number of aliphatic hydroxyl groups is 1. The van der Waals surface area contributed by atoms with Gasteiger partial charge in [-0.3, -0.25) is 0 Å². The molecule has 2 heterocycles. The highest BCUT2D eigenvalue weighted by Crippen LogP contribution is 2.29. The second-order valence-electron chi connectivity index (χ2n) is 4.13. The van der Waals surface area contributed by atoms with Crippen molar-refractivity contribution in [3.05, 3.63) is 17.8 Å². The van der Waals surface area contributed by atoms with Crippen LogP contribution in [0, 0.1) is 0 Å². The molecule has 7 heteroatoms. The molecule has 4 nitrogen and oxygen atoms in total. The molecule has 1 aliphatic rings. The van der Waals surface area contributed by atoms with Crippen molar-refractivity contribution >= 4 is 5.82 Å². The fourth-order valence-corrected chi connectivity index (χ4v) is 1.58. The van der Waals surface area contributed by atoms with Crippen molar-refractivity contribution in [3.8, 4) is 0 Å². The Balaban J connectivity index is 2.10. The summed E-state index contributed by atoms with van der Waals surface area (Å²) < 4.78 is 36.6. The Hall–Kier alpha value is -1.37. The zero-order valence-corrected chi connectivity index (χ0v) is 8.49. The van der Waals surface area contributed by atoms with E-state index in [1.54, 1.807) is 11.8 Å². The summed E-state index contributed by atoms with van der Waals surface area (Å²) in [4.78, 5) is 1.66. The molecule has 0 saturated carbocycles. The van der Waals surface area contributed by atoms with Crippen molar-refractivity contribution in [2.24, 2.45) is 0 Å². The molecule has 1 aromatic rings. The highest BCUT2D eigenvalue weighted by molar-refractivity contribution is 5.42. The zero-order valence-electron chi connectivity index (χ0n) is 8.49. The van der Waals surface area contributed by atoms with Gasteiger partial charge in [0.1, 0.15) is 0 Å². The molecular weight excluding hydrogens is 223 g/mol. The smallest absolute Gasteiger partial charge is 0.386 e. The van der Waals surface area contributed by atoms with Gasteiger partial charge < -0.3 is 10.0 Å². The first-order chi connectivity index (χ1) is 7.28. The number of hydrogen-bond donors (Lipinski definition) is 1. The average molecular weight is 233 g/mol. The summed E-state index contributed by atoms with van der Waals surface area (Å²) in [5, 5.41) is 16.0. The summed E-state index contributed by atoms with van der Waals surface area (Å²) in [7, 11) is 0. The highest BCUT2D eigenvalue weighted by atomic mass is 19.4. The fourth-order valence-electron chi connectivity index (χ4n) is 1.58. The maximum absolute atomic E-state index is 12.2. The molecule has 1 saturated heterocycles. The van der Waals surface area contributed by atoms with Gasteiger partial charge in [-0.2, -0.15) is 13.2 Å². The molecule has 1 N–H and O–H groups in total. The van der Waals surface area contributed by atoms with Gasteiger partial charge in [0, 0.05) is 13.1 Å². The maximum atomic E-state index is 12.2. The normalized spacial score (nSPS) is 19.4. The van der Waals surface area contributed by atoms with Crippen LogP contribution in [0.1, 0.15) is 12.6 Å². The third kappa shape index (κ3) is 2.08. The molecule has 0 aliphatic carbocycles. The minimum Gasteiger partial charge on any atom is -0.386 e. The predicted molar refractivity (Wildman–Crippen MR) is 49.9 cm³/mol. The summed E-state index contributed by atoms with van der Waals surface area (Å²) in [6, 6.07) is 2.14. The van der Waals surface area contributed by atoms with Crippen LogP contribution >= 0.6 is 0 Å². The molecule has 0 spiro atoms. The van der Waals surface area contributed by atoms with Crippen LogP contribution in [-0.4, -0.2) is 34.0 Å². The molecule has 1 aromatic heterocycles. The molecule has 1 aliphatic heterocycles. The Bertz CT molecular complexity index is 380. The van der Waals surface area contributed by atoms with Gasteiger partial charge in [-0.05, 0) is 19.1 Å². The van der Waals surface area contributed by atoms with Crippen molar-refractivity contribution in [1.29, 1.82) is 0 Å². The van der Waals surface area contributed by atoms with Crippen molar-refractivity contribution in [2.75, 3.05) is 18.0 Å². The Kier molecular flexibility index (Phi) is 2.30. The summed E-state index contributed by atoms with van der Waals surface area (Å²) in [5.41, 5.74) is -1.80. The second-order valence-corrected chi connectivity index (χ2v) is 4.13. The molecule has 1 fully saturated rings. The SMILES string of the molecule is CC1(O)CN(c2ccc(C(F)(F)F)nn2)C1. The van der Waals surface area contributed by atoms with E-state index < -0.39 is 17.5 Å². The number of nitrogens with zero attached hydrogens (tertiary/aromatic N) is 3. The first kappa shape index (κ1) is 11.1. The van der Waals surface area contributed by atoms with E-state index in [0.29, 0.717) is 18.9 Å². The molecule has 0 aromatic carbocycles. The molecular formula is C9H10F3N3O. The summed E-state index contributed by atoms with van der Waals surface area (Å²) >= 11 is 0. The Labute approximate surface area is 89.7 Å². The van der Waals surface area contributed by atoms with Gasteiger partial charge in [0.15, 0.2) is 11.5 Å². The van der Waals surface area contributed by atoms with Crippen LogP contribution in [0.15, 0.2) is 12.1 Å². The van der Waals surface area contributed by atoms with E-state index in [2.05, 4.69) is 10.2 Å². The van der Waals surface area contributed by atoms with Crippen molar-refractivity contribution < 1.29 is 18.3 Å². The number of β-amino-alcohol motifs (C(OH)–C–C–N with tert-alkyl or cyclic N) is 1. The van der Waals surface area contributed by atoms with E-state index in [9.17, 15) is 18.3 Å². The molecule has 2 rings (SSSR count). The minimum absolute atomic E-state index is 0.347. The number of rotatable bonds is 1. The monoisotopic (exact) mass is 233 g/mol. The topological polar surface area (TPSA) is 49.2 Å². The first-order valence-electron chi connectivity index (χ1n) is 4.66. The molecule has 0 amide bonds. The second kappa shape index (κ2) is 3.31. The van der Waals surface area contributed by atoms with E-state index in [1.807, 2.05) is 0 Å². The predicted octanol–water partition coefficient (Wildman–Crippen LogP) is 1.07. The van der Waals surface area contributed by atoms with Gasteiger partial charge in [-0.25, -0.2) is 0 Å². The van der Waals surface area contributed by atoms with Crippen LogP contribution < -0.4 is 4.90 Å². The van der Waals surface area contributed by atoms with Crippen LogP contribution in [0.2, 0.25) is 0 Å². The van der Waals surface area contributed by atoms with Crippen molar-refractivity contribution in [2.45, 2.75) is 18.7 Å². The molecule has 88 valence electrons. The number of halogens is 3. The van der Waals surface area contributed by atoms with Crippen LogP contribution in [0.3, 0.4) is 0 Å². The number of anilines is 1. The van der Waals surface area contributed by atoms with Gasteiger partial charge in [-0.1, -0.05) is 0 Å². The summed E-state index contributed by atoms with van der Waals surface area (Å²) in [6.45, 7) is 2.36. The lowest BCUT2D eigenvalue weighted by Gasteiger charge is -2.44. The lowest BCUT2D eigenvalue weighted by molar-refractivity contribution is -0.141. The third-order valence-corrected chi connectivity index (χ3v) is 2.33. The zero-order chi connectivity index (χ0) is 12.0. The highest BCUT2D eigenvalue weighted by Gasteiger charge is 2.38. The largest absolute Gasteiger partial charge is 0.435 e. The Morgan fingerprint density at radius 3 is 2.31 bits per heavy atom. The average Bonchev–Trinajstić information content (AvgIpc) is 2.13. The lowest BCUT2D eigenvalue weighted by Crippen LogP contribution is -2.60. The van der Waals surface area contributed by atoms with Crippen LogP contribution in [0.25, 0.3) is 0 Å². The van der Waals surface area contributed by atoms with E-state index in [-0.39, 0.29) is 0 Å². The standard InChI is InChI=1S/C9H10F3N3O/c1-8(16)4-15(5-8)7-3-2-6(13-14-7)9(10,11)12/h2-3,16H,4-5H2,1H3. The van der Waals surface area contributed by atoms with Gasteiger partial charge in [0.25, 0.3) is 0 Å². The molecule has 0 bridgehead atoms. The van der Waals surface area contributed by atoms with Crippen molar-refractivity contribution in [1.82, 2.24) is 10.2 Å². The van der Waals surface area contributed by atoms with Gasteiger partial charge in [-0.15, -0.1) is 10.2 Å². The molecule has 0 atom stereocenters.